The van der Waals surface area contributed by atoms with Crippen molar-refractivity contribution >= 4 is 37.9 Å². The number of carbonyl (C=O) groups is 1. The Morgan fingerprint density at radius 1 is 1.12 bits per heavy atom. The molecule has 0 atom stereocenters. The van der Waals surface area contributed by atoms with E-state index in [9.17, 15) is 9.18 Å². The molecule has 0 saturated carbocycles. The molecular weight excluding hydrogens is 255 g/mol. The second kappa shape index (κ2) is 4.05. The van der Waals surface area contributed by atoms with E-state index in [1.54, 1.807) is 11.3 Å². The molecule has 0 bridgehead atoms. The lowest BCUT2D eigenvalue weighted by atomic mass is 10.1. The van der Waals surface area contributed by atoms with Gasteiger partial charge in [-0.3, -0.25) is 4.79 Å². The van der Waals surface area contributed by atoms with Gasteiger partial charge in [-0.1, -0.05) is 0 Å². The maximum absolute atomic E-state index is 12.8. The molecule has 0 saturated heterocycles. The van der Waals surface area contributed by atoms with Crippen LogP contribution < -0.4 is 0 Å². The molecule has 1 nitrogen and oxygen atoms in total. The summed E-state index contributed by atoms with van der Waals surface area (Å²) in [4.78, 5) is 12.8. The van der Waals surface area contributed by atoms with Gasteiger partial charge in [-0.2, -0.15) is 0 Å². The van der Waals surface area contributed by atoms with Crippen molar-refractivity contribution in [3.8, 4) is 0 Å². The third-order valence-electron chi connectivity index (χ3n) is 2.48. The van der Waals surface area contributed by atoms with Crippen molar-refractivity contribution in [1.29, 1.82) is 0 Å². The van der Waals surface area contributed by atoms with Crippen LogP contribution in [0, 0.1) is 5.82 Å². The second-order valence-corrected chi connectivity index (χ2v) is 5.84. The van der Waals surface area contributed by atoms with Crippen molar-refractivity contribution in [1.82, 2.24) is 0 Å². The van der Waals surface area contributed by atoms with Crippen LogP contribution in [-0.2, 0) is 0 Å². The highest BCUT2D eigenvalue weighted by Gasteiger charge is 2.13. The summed E-state index contributed by atoms with van der Waals surface area (Å²) in [6, 6.07) is 9.55. The van der Waals surface area contributed by atoms with Gasteiger partial charge in [0.1, 0.15) is 5.82 Å². The van der Waals surface area contributed by atoms with Crippen LogP contribution in [-0.4, -0.2) is 5.78 Å². The first-order valence-corrected chi connectivity index (χ1v) is 6.71. The average Bonchev–Trinajstić information content (AvgIpc) is 2.89. The zero-order valence-electron chi connectivity index (χ0n) is 8.64. The van der Waals surface area contributed by atoms with E-state index < -0.39 is 0 Å². The van der Waals surface area contributed by atoms with Gasteiger partial charge in [0.15, 0.2) is 0 Å². The summed E-state index contributed by atoms with van der Waals surface area (Å²) < 4.78 is 13.9. The fourth-order valence-electron chi connectivity index (χ4n) is 1.62. The normalized spacial score (nSPS) is 10.9. The monoisotopic (exact) mass is 262 g/mol. The Morgan fingerprint density at radius 2 is 1.88 bits per heavy atom. The van der Waals surface area contributed by atoms with Crippen LogP contribution in [0.1, 0.15) is 15.2 Å². The summed E-state index contributed by atoms with van der Waals surface area (Å²) >= 11 is 3.12. The van der Waals surface area contributed by atoms with Crippen molar-refractivity contribution in [3.05, 3.63) is 58.0 Å². The molecule has 2 aromatic heterocycles. The van der Waals surface area contributed by atoms with Crippen molar-refractivity contribution in [3.63, 3.8) is 0 Å². The molecule has 2 heterocycles. The maximum atomic E-state index is 12.8. The zero-order chi connectivity index (χ0) is 11.8. The summed E-state index contributed by atoms with van der Waals surface area (Å²) in [5.41, 5.74) is 0.528. The van der Waals surface area contributed by atoms with Gasteiger partial charge in [0.05, 0.1) is 8.89 Å². The van der Waals surface area contributed by atoms with E-state index in [1.165, 1.54) is 35.6 Å². The van der Waals surface area contributed by atoms with Crippen LogP contribution in [0.2, 0.25) is 0 Å². The highest BCUT2D eigenvalue weighted by molar-refractivity contribution is 7.38. The van der Waals surface area contributed by atoms with Gasteiger partial charge in [-0.25, -0.2) is 4.39 Å². The van der Waals surface area contributed by atoms with E-state index in [1.807, 2.05) is 17.5 Å². The van der Waals surface area contributed by atoms with E-state index in [2.05, 4.69) is 0 Å². The van der Waals surface area contributed by atoms with E-state index in [0.29, 0.717) is 10.4 Å². The maximum Gasteiger partial charge on any atom is 0.203 e. The first-order chi connectivity index (χ1) is 8.24. The van der Waals surface area contributed by atoms with Crippen LogP contribution in [0.5, 0.6) is 0 Å². The van der Waals surface area contributed by atoms with Gasteiger partial charge < -0.3 is 0 Å². The Hall–Kier alpha value is -1.52. The Bertz CT molecular complexity index is 650. The van der Waals surface area contributed by atoms with Gasteiger partial charge in [-0.15, -0.1) is 22.7 Å². The molecule has 0 amide bonds. The van der Waals surface area contributed by atoms with E-state index in [4.69, 9.17) is 0 Å². The number of thiophene rings is 2. The third kappa shape index (κ3) is 1.90. The number of benzene rings is 1. The van der Waals surface area contributed by atoms with Crippen LogP contribution in [0.25, 0.3) is 9.40 Å². The number of ketones is 1. The van der Waals surface area contributed by atoms with Crippen molar-refractivity contribution in [2.45, 2.75) is 0 Å². The minimum absolute atomic E-state index is 0.0431. The van der Waals surface area contributed by atoms with Gasteiger partial charge in [-0.05, 0) is 41.8 Å². The summed E-state index contributed by atoms with van der Waals surface area (Å²) in [5, 5.41) is 3.11. The Balaban J connectivity index is 2.01. The lowest BCUT2D eigenvalue weighted by molar-refractivity contribution is 0.104. The molecule has 0 aliphatic heterocycles. The molecule has 0 aliphatic rings. The molecule has 3 rings (SSSR count). The molecule has 0 radical (unpaired) electrons. The Morgan fingerprint density at radius 3 is 2.59 bits per heavy atom. The molecule has 0 fully saturated rings. The van der Waals surface area contributed by atoms with Gasteiger partial charge in [0.2, 0.25) is 5.78 Å². The highest BCUT2D eigenvalue weighted by Crippen LogP contribution is 2.31. The van der Waals surface area contributed by atoms with E-state index in [0.717, 1.165) is 9.40 Å². The smallest absolute Gasteiger partial charge is 0.203 e. The average molecular weight is 262 g/mol. The molecule has 1 aromatic carbocycles. The van der Waals surface area contributed by atoms with Crippen molar-refractivity contribution in [2.75, 3.05) is 0 Å². The molecule has 3 aromatic rings. The van der Waals surface area contributed by atoms with Crippen molar-refractivity contribution < 1.29 is 9.18 Å². The number of halogens is 1. The van der Waals surface area contributed by atoms with Gasteiger partial charge in [0, 0.05) is 10.9 Å². The topological polar surface area (TPSA) is 17.1 Å². The van der Waals surface area contributed by atoms with Crippen LogP contribution >= 0.6 is 22.7 Å². The lowest BCUT2D eigenvalue weighted by Crippen LogP contribution is -1.97. The number of hydrogen-bond donors (Lipinski definition) is 0. The zero-order valence-corrected chi connectivity index (χ0v) is 10.3. The Labute approximate surface area is 105 Å². The largest absolute Gasteiger partial charge is 0.288 e. The SMILES string of the molecule is O=C(c1ccc(F)cc1)c1cc2ccsc2s1. The first kappa shape index (κ1) is 10.6. The van der Waals surface area contributed by atoms with Gasteiger partial charge >= 0.3 is 0 Å². The summed E-state index contributed by atoms with van der Waals surface area (Å²) in [6.07, 6.45) is 0. The van der Waals surface area contributed by atoms with E-state index in [-0.39, 0.29) is 11.6 Å². The molecule has 0 spiro atoms. The molecule has 84 valence electrons. The fourth-order valence-corrected chi connectivity index (χ4v) is 3.69. The predicted molar refractivity (Wildman–Crippen MR) is 69.5 cm³/mol. The summed E-state index contributed by atoms with van der Waals surface area (Å²) in [6.45, 7) is 0. The molecular formula is C13H7FOS2. The predicted octanol–water partition coefficient (Wildman–Crippen LogP) is 4.33. The van der Waals surface area contributed by atoms with E-state index >= 15 is 0 Å². The summed E-state index contributed by atoms with van der Waals surface area (Å²) in [5.74, 6) is -0.368. The third-order valence-corrected chi connectivity index (χ3v) is 4.68. The fraction of sp³-hybridized carbons (Fsp3) is 0. The highest BCUT2D eigenvalue weighted by atomic mass is 32.2. The number of rotatable bonds is 2. The molecule has 4 heteroatoms. The molecule has 0 aliphatic carbocycles. The lowest BCUT2D eigenvalue weighted by Gasteiger charge is -1.97. The number of hydrogen-bond acceptors (Lipinski definition) is 3. The molecule has 0 N–H and O–H groups in total. The minimum atomic E-state index is -0.325. The molecule has 17 heavy (non-hydrogen) atoms. The standard InChI is InChI=1S/C13H7FOS2/c14-10-3-1-8(2-4-10)12(15)11-7-9-5-6-16-13(9)17-11/h1-7H. The van der Waals surface area contributed by atoms with Crippen molar-refractivity contribution in [2.24, 2.45) is 0 Å². The molecule has 0 unspecified atom stereocenters. The quantitative estimate of drug-likeness (QED) is 0.628. The first-order valence-electron chi connectivity index (χ1n) is 5.01. The number of fused-ring (bicyclic) bond motifs is 1. The van der Waals surface area contributed by atoms with Gasteiger partial charge in [0.25, 0.3) is 0 Å². The summed E-state index contributed by atoms with van der Waals surface area (Å²) in [7, 11) is 0. The van der Waals surface area contributed by atoms with Crippen LogP contribution in [0.3, 0.4) is 0 Å². The minimum Gasteiger partial charge on any atom is -0.288 e. The van der Waals surface area contributed by atoms with Crippen LogP contribution in [0.15, 0.2) is 41.8 Å². The van der Waals surface area contributed by atoms with Crippen LogP contribution in [0.4, 0.5) is 4.39 Å². The number of carbonyl (C=O) groups excluding carboxylic acids is 1. The second-order valence-electron chi connectivity index (χ2n) is 3.61. The Kier molecular flexibility index (Phi) is 2.53.